The van der Waals surface area contributed by atoms with Crippen LogP contribution in [-0.2, 0) is 16.4 Å². The number of anilines is 3. The second kappa shape index (κ2) is 9.53. The van der Waals surface area contributed by atoms with Gasteiger partial charge in [0.15, 0.2) is 11.7 Å². The number of rotatable bonds is 3. The lowest BCUT2D eigenvalue weighted by atomic mass is 9.54. The predicted octanol–water partition coefficient (Wildman–Crippen LogP) is 10.4. The van der Waals surface area contributed by atoms with Gasteiger partial charge in [-0.05, 0) is 88.5 Å². The molecule has 4 aromatic carbocycles. The standard InChI is InChI=1S/C42H41N2/c1-6-41(7-2)29(3)31-27-35-36(28-32(31)37-21-15-16-26-43(37)41)42(25-24-40(35,4)5)33-19-11-13-22-38(33)44(30-17-9-8-10-18-30)39-23-14-12-20-34(39)42/h8-23,26-28H,3,6-7,24-25H2,1-2,4-5H3/q+1. The molecule has 8 rings (SSSR count). The van der Waals surface area contributed by atoms with Gasteiger partial charge in [-0.2, -0.15) is 4.57 Å². The maximum atomic E-state index is 4.84. The molecule has 44 heavy (non-hydrogen) atoms. The quantitative estimate of drug-likeness (QED) is 0.195. The topological polar surface area (TPSA) is 7.12 Å². The number of fused-ring (bicyclic) bond motifs is 9. The largest absolute Gasteiger partial charge is 0.310 e. The Morgan fingerprint density at radius 3 is 1.91 bits per heavy atom. The molecule has 5 aromatic rings. The molecule has 1 aromatic heterocycles. The molecule has 0 atom stereocenters. The number of hydrogen-bond donors (Lipinski definition) is 0. The lowest BCUT2D eigenvalue weighted by Crippen LogP contribution is -2.59. The van der Waals surface area contributed by atoms with E-state index in [1.807, 2.05) is 0 Å². The zero-order chi connectivity index (χ0) is 30.3. The van der Waals surface area contributed by atoms with Crippen molar-refractivity contribution >= 4 is 22.6 Å². The van der Waals surface area contributed by atoms with Crippen LogP contribution in [0.25, 0.3) is 16.8 Å². The van der Waals surface area contributed by atoms with E-state index in [0.717, 1.165) is 25.7 Å². The van der Waals surface area contributed by atoms with Gasteiger partial charge in [-0.25, -0.2) is 0 Å². The maximum absolute atomic E-state index is 4.84. The second-order valence-electron chi connectivity index (χ2n) is 13.6. The Balaban J connectivity index is 1.47. The number of para-hydroxylation sites is 3. The van der Waals surface area contributed by atoms with Gasteiger partial charge in [-0.1, -0.05) is 88.9 Å². The van der Waals surface area contributed by atoms with Crippen LogP contribution in [-0.4, -0.2) is 0 Å². The van der Waals surface area contributed by atoms with Crippen LogP contribution < -0.4 is 9.47 Å². The predicted molar refractivity (Wildman–Crippen MR) is 183 cm³/mol. The van der Waals surface area contributed by atoms with Gasteiger partial charge in [0.2, 0.25) is 5.69 Å². The van der Waals surface area contributed by atoms with Crippen LogP contribution in [0, 0.1) is 0 Å². The lowest BCUT2D eigenvalue weighted by Gasteiger charge is -2.52. The summed E-state index contributed by atoms with van der Waals surface area (Å²) in [4.78, 5) is 2.47. The Bertz CT molecular complexity index is 1900. The zero-order valence-electron chi connectivity index (χ0n) is 26.4. The maximum Gasteiger partial charge on any atom is 0.213 e. The number of nitrogens with zero attached hydrogens (tertiary/aromatic N) is 2. The fraction of sp³-hybridized carbons (Fsp3) is 0.262. The van der Waals surface area contributed by atoms with Gasteiger partial charge in [0.05, 0.1) is 16.9 Å². The summed E-state index contributed by atoms with van der Waals surface area (Å²) < 4.78 is 2.52. The highest BCUT2D eigenvalue weighted by Gasteiger charge is 2.53. The molecule has 0 saturated heterocycles. The van der Waals surface area contributed by atoms with Crippen LogP contribution in [0.4, 0.5) is 17.1 Å². The van der Waals surface area contributed by atoms with E-state index in [4.69, 9.17) is 6.58 Å². The Kier molecular flexibility index (Phi) is 5.88. The van der Waals surface area contributed by atoms with Gasteiger partial charge in [0.1, 0.15) is 0 Å². The molecule has 218 valence electrons. The summed E-state index contributed by atoms with van der Waals surface area (Å²) in [5.74, 6) is 0. The van der Waals surface area contributed by atoms with Crippen molar-refractivity contribution < 1.29 is 4.57 Å². The van der Waals surface area contributed by atoms with Gasteiger partial charge in [0.25, 0.3) is 0 Å². The van der Waals surface area contributed by atoms with Gasteiger partial charge in [0, 0.05) is 41.6 Å². The minimum absolute atomic E-state index is 0.0432. The molecule has 0 saturated carbocycles. The van der Waals surface area contributed by atoms with Crippen LogP contribution in [0.15, 0.2) is 122 Å². The molecule has 0 radical (unpaired) electrons. The molecule has 0 fully saturated rings. The van der Waals surface area contributed by atoms with E-state index in [1.165, 1.54) is 61.7 Å². The SMILES string of the molecule is C=C1c2cc3c(cc2-c2cccc[n+]2C1(CC)CC)C1(CCC3(C)C)c2ccccc2N(c2ccccc2)c2ccccc21. The summed E-state index contributed by atoms with van der Waals surface area (Å²) in [6.07, 6.45) is 6.48. The van der Waals surface area contributed by atoms with Crippen molar-refractivity contribution in [2.75, 3.05) is 4.90 Å². The zero-order valence-corrected chi connectivity index (χ0v) is 26.4. The highest BCUT2D eigenvalue weighted by molar-refractivity contribution is 5.90. The van der Waals surface area contributed by atoms with E-state index >= 15 is 0 Å². The third-order valence-electron chi connectivity index (χ3n) is 11.3. The van der Waals surface area contributed by atoms with E-state index in [2.05, 4.69) is 153 Å². The van der Waals surface area contributed by atoms with Crippen LogP contribution in [0.3, 0.4) is 0 Å². The summed E-state index contributed by atoms with van der Waals surface area (Å²) in [6, 6.07) is 41.0. The van der Waals surface area contributed by atoms with Gasteiger partial charge in [-0.3, -0.25) is 0 Å². The molecular weight excluding hydrogens is 532 g/mol. The molecule has 0 N–H and O–H groups in total. The molecule has 0 amide bonds. The van der Waals surface area contributed by atoms with Gasteiger partial charge >= 0.3 is 0 Å². The fourth-order valence-corrected chi connectivity index (χ4v) is 8.94. The molecule has 0 bridgehead atoms. The van der Waals surface area contributed by atoms with Crippen molar-refractivity contribution in [3.8, 4) is 11.3 Å². The number of pyridine rings is 1. The number of allylic oxidation sites excluding steroid dienone is 1. The average Bonchev–Trinajstić information content (AvgIpc) is 3.07. The number of benzene rings is 4. The third kappa shape index (κ3) is 3.40. The molecule has 0 unspecified atom stereocenters. The minimum Gasteiger partial charge on any atom is -0.310 e. The molecule has 3 aliphatic rings. The van der Waals surface area contributed by atoms with E-state index in [-0.39, 0.29) is 16.4 Å². The first-order valence-corrected chi connectivity index (χ1v) is 16.3. The molecule has 2 nitrogen and oxygen atoms in total. The molecule has 3 heterocycles. The molecular formula is C42H41N2+. The van der Waals surface area contributed by atoms with E-state index < -0.39 is 0 Å². The van der Waals surface area contributed by atoms with E-state index in [1.54, 1.807) is 0 Å². The Labute approximate surface area is 262 Å². The summed E-state index contributed by atoms with van der Waals surface area (Å²) in [5, 5.41) is 0. The monoisotopic (exact) mass is 573 g/mol. The Morgan fingerprint density at radius 1 is 0.659 bits per heavy atom. The van der Waals surface area contributed by atoms with Crippen molar-refractivity contribution in [2.24, 2.45) is 0 Å². The Morgan fingerprint density at radius 2 is 1.25 bits per heavy atom. The fourth-order valence-electron chi connectivity index (χ4n) is 8.94. The molecule has 2 aliphatic heterocycles. The highest BCUT2D eigenvalue weighted by atomic mass is 15.2. The lowest BCUT2D eigenvalue weighted by molar-refractivity contribution is -0.741. The first kappa shape index (κ1) is 27.1. The Hall–Kier alpha value is -4.43. The first-order valence-electron chi connectivity index (χ1n) is 16.3. The van der Waals surface area contributed by atoms with Crippen LogP contribution in [0.2, 0.25) is 0 Å². The number of aromatic nitrogens is 1. The summed E-state index contributed by atoms with van der Waals surface area (Å²) in [6.45, 7) is 14.4. The molecule has 1 spiro atoms. The van der Waals surface area contributed by atoms with Crippen molar-refractivity contribution in [3.05, 3.63) is 150 Å². The first-order chi connectivity index (χ1) is 21.4. The van der Waals surface area contributed by atoms with Crippen LogP contribution in [0.5, 0.6) is 0 Å². The summed E-state index contributed by atoms with van der Waals surface area (Å²) in [5.41, 5.74) is 14.3. The summed E-state index contributed by atoms with van der Waals surface area (Å²) in [7, 11) is 0. The minimum atomic E-state index is -0.261. The second-order valence-corrected chi connectivity index (χ2v) is 13.6. The van der Waals surface area contributed by atoms with Crippen LogP contribution in [0.1, 0.15) is 81.2 Å². The normalized spacial score (nSPS) is 18.1. The highest BCUT2D eigenvalue weighted by Crippen LogP contribution is 2.62. The van der Waals surface area contributed by atoms with Crippen molar-refractivity contribution in [2.45, 2.75) is 69.7 Å². The van der Waals surface area contributed by atoms with Crippen molar-refractivity contribution in [1.29, 1.82) is 0 Å². The third-order valence-corrected chi connectivity index (χ3v) is 11.3. The van der Waals surface area contributed by atoms with E-state index in [9.17, 15) is 0 Å². The van der Waals surface area contributed by atoms with Gasteiger partial charge < -0.3 is 4.90 Å². The summed E-state index contributed by atoms with van der Waals surface area (Å²) >= 11 is 0. The van der Waals surface area contributed by atoms with Crippen LogP contribution >= 0.6 is 0 Å². The average molecular weight is 574 g/mol. The van der Waals surface area contributed by atoms with Crippen molar-refractivity contribution in [1.82, 2.24) is 0 Å². The number of hydrogen-bond acceptors (Lipinski definition) is 1. The van der Waals surface area contributed by atoms with Gasteiger partial charge in [-0.15, -0.1) is 0 Å². The van der Waals surface area contributed by atoms with Crippen molar-refractivity contribution in [3.63, 3.8) is 0 Å². The smallest absolute Gasteiger partial charge is 0.213 e. The molecule has 2 heteroatoms. The molecule has 1 aliphatic carbocycles. The van der Waals surface area contributed by atoms with E-state index in [0.29, 0.717) is 0 Å².